The van der Waals surface area contributed by atoms with Crippen LogP contribution in [-0.2, 0) is 33.5 Å². The van der Waals surface area contributed by atoms with Crippen LogP contribution in [0.1, 0.15) is 115 Å². The molecule has 15 heteroatoms. The molecule has 0 aliphatic heterocycles. The molecule has 302 valence electrons. The summed E-state index contributed by atoms with van der Waals surface area (Å²) in [5.41, 5.74) is -1.10. The van der Waals surface area contributed by atoms with Crippen molar-refractivity contribution in [2.24, 2.45) is 28.6 Å². The number of carbonyl (C=O) groups is 6. The number of hydrogen-bond acceptors (Lipinski definition) is 11. The third kappa shape index (κ3) is 9.01. The second-order valence-electron chi connectivity index (χ2n) is 16.3. The van der Waals surface area contributed by atoms with Gasteiger partial charge in [0.15, 0.2) is 24.1 Å². The fraction of sp³-hybridized carbons (Fsp3) is 0.650. The minimum absolute atomic E-state index is 0.0206. The maximum atomic E-state index is 13.5. The number of carboxylic acids is 1. The van der Waals surface area contributed by atoms with Crippen molar-refractivity contribution < 1.29 is 59.3 Å². The van der Waals surface area contributed by atoms with Crippen LogP contribution < -0.4 is 15.9 Å². The largest absolute Gasteiger partial charge is 0.595 e. The van der Waals surface area contributed by atoms with Gasteiger partial charge in [0, 0.05) is 43.4 Å². The Morgan fingerprint density at radius 3 is 2.44 bits per heavy atom. The molecule has 0 bridgehead atoms. The van der Waals surface area contributed by atoms with E-state index in [1.807, 2.05) is 13.0 Å². The number of nitrogens with one attached hydrogen (secondary N) is 3. The minimum Gasteiger partial charge on any atom is -0.595 e. The van der Waals surface area contributed by atoms with Crippen molar-refractivity contribution in [2.75, 3.05) is 13.2 Å². The lowest BCUT2D eigenvalue weighted by atomic mass is 9.46. The molecule has 0 saturated heterocycles. The van der Waals surface area contributed by atoms with E-state index in [0.717, 1.165) is 38.2 Å². The number of benzene rings is 1. The molecule has 4 aliphatic carbocycles. The predicted octanol–water partition coefficient (Wildman–Crippen LogP) is 2.52. The number of aliphatic carboxylic acids is 1. The summed E-state index contributed by atoms with van der Waals surface area (Å²) in [6.07, 6.45) is 6.94. The highest BCUT2D eigenvalue weighted by molar-refractivity contribution is 5.92. The Balaban J connectivity index is 0.973. The minimum atomic E-state index is -1.69. The number of fused-ring (bicyclic) bond motifs is 5. The number of amides is 2. The number of rotatable bonds is 17. The zero-order chi connectivity index (χ0) is 40.1. The quantitative estimate of drug-likeness (QED) is 0.0687. The Hall–Kier alpha value is -4.02. The highest BCUT2D eigenvalue weighted by Gasteiger charge is 2.66. The topological polar surface area (TPSA) is 244 Å². The molecule has 15 nitrogen and oxygen atoms in total. The molecule has 0 spiro atoms. The fourth-order valence-electron chi connectivity index (χ4n) is 10.1. The van der Waals surface area contributed by atoms with Gasteiger partial charge in [-0.25, -0.2) is 10.0 Å². The second kappa shape index (κ2) is 17.4. The Labute approximate surface area is 320 Å². The summed E-state index contributed by atoms with van der Waals surface area (Å²) in [6, 6.07) is 3.47. The highest BCUT2D eigenvalue weighted by atomic mass is 16.8. The number of allylic oxidation sites excluding steroid dienone is 1. The molecule has 1 aromatic rings. The van der Waals surface area contributed by atoms with Crippen LogP contribution in [-0.4, -0.2) is 80.6 Å². The number of quaternary nitrogens is 1. The molecule has 55 heavy (non-hydrogen) atoms. The summed E-state index contributed by atoms with van der Waals surface area (Å²) in [7, 11) is 0. The van der Waals surface area contributed by atoms with Gasteiger partial charge in [0.05, 0.1) is 6.42 Å². The molecule has 1 aromatic carbocycles. The lowest BCUT2D eigenvalue weighted by Gasteiger charge is -2.58. The average Bonchev–Trinajstić information content (AvgIpc) is 3.44. The monoisotopic (exact) mass is 769 g/mol. The molecular formula is C40H55N3O12. The molecule has 1 unspecified atom stereocenters. The van der Waals surface area contributed by atoms with E-state index in [2.05, 4.69) is 17.6 Å². The zero-order valence-electron chi connectivity index (χ0n) is 31.6. The summed E-state index contributed by atoms with van der Waals surface area (Å²) in [4.78, 5) is 74.6. The average molecular weight is 770 g/mol. The van der Waals surface area contributed by atoms with Crippen molar-refractivity contribution in [1.29, 1.82) is 0 Å². The van der Waals surface area contributed by atoms with Gasteiger partial charge >= 0.3 is 11.9 Å². The van der Waals surface area contributed by atoms with Crippen molar-refractivity contribution in [1.82, 2.24) is 10.6 Å². The normalized spacial score (nSPS) is 30.0. The molecule has 0 aromatic heterocycles. The number of aliphatic hydroxyl groups is 2. The van der Waals surface area contributed by atoms with Gasteiger partial charge in [-0.1, -0.05) is 38.0 Å². The third-order valence-electron chi connectivity index (χ3n) is 13.3. The van der Waals surface area contributed by atoms with Crippen LogP contribution in [0.2, 0.25) is 0 Å². The molecule has 3 fully saturated rings. The second-order valence-corrected chi connectivity index (χ2v) is 16.3. The molecule has 5 rings (SSSR count). The first kappa shape index (κ1) is 42.1. The molecule has 9 atom stereocenters. The van der Waals surface area contributed by atoms with Gasteiger partial charge in [-0.05, 0) is 92.6 Å². The van der Waals surface area contributed by atoms with Gasteiger partial charge in [-0.3, -0.25) is 24.0 Å². The van der Waals surface area contributed by atoms with Crippen molar-refractivity contribution in [2.45, 2.75) is 121 Å². The first-order valence-corrected chi connectivity index (χ1v) is 19.5. The number of ketones is 2. The van der Waals surface area contributed by atoms with Crippen LogP contribution in [0, 0.1) is 33.8 Å². The summed E-state index contributed by atoms with van der Waals surface area (Å²) in [5, 5.41) is 56.0. The summed E-state index contributed by atoms with van der Waals surface area (Å²) >= 11 is 0. The van der Waals surface area contributed by atoms with Crippen LogP contribution >= 0.6 is 0 Å². The number of hydrogen-bond donors (Lipinski definition) is 7. The molecule has 7 N–H and O–H groups in total. The van der Waals surface area contributed by atoms with E-state index in [9.17, 15) is 49.3 Å². The van der Waals surface area contributed by atoms with Gasteiger partial charge in [0.2, 0.25) is 17.6 Å². The predicted molar refractivity (Wildman–Crippen MR) is 195 cm³/mol. The van der Waals surface area contributed by atoms with Crippen molar-refractivity contribution >= 4 is 41.0 Å². The standard InChI is InChI=1S/C40H55N3O12/c1-38-17-14-27(44)22-25(38)10-11-28-29(38)15-18-39(2)30(28)16-19-40(39,52)31(45)23-55-34(48)13-12-32(46)41-20-5-3-4-9-33(47)42-35(37(50)51)36(49)24-7-6-8-26(21-24)43(53)54/h6-8,21-22,28-30,35-36,43,49,52-53H,3-5,9-20,23H2,1-2H3,(H,41,46)(H,42,47)(H,50,51)/t28-,29-,30+,35-,36+,38-,39+,40-/m0/s1. The zero-order valence-corrected chi connectivity index (χ0v) is 31.6. The number of ether oxygens (including phenoxy) is 1. The number of carboxylic acid groups (broad SMARTS) is 1. The lowest BCUT2D eigenvalue weighted by molar-refractivity contribution is -0.991. The number of aliphatic hydroxyl groups excluding tert-OH is 1. The summed E-state index contributed by atoms with van der Waals surface area (Å²) in [5.74, 6) is -2.59. The molecule has 4 aliphatic rings. The number of carbonyl (C=O) groups excluding carboxylic acids is 5. The molecular weight excluding hydrogens is 714 g/mol. The van der Waals surface area contributed by atoms with Crippen LogP contribution in [0.3, 0.4) is 0 Å². The van der Waals surface area contributed by atoms with E-state index in [1.54, 1.807) is 0 Å². The number of esters is 1. The van der Waals surface area contributed by atoms with E-state index in [-0.39, 0.29) is 54.2 Å². The van der Waals surface area contributed by atoms with E-state index in [4.69, 9.17) is 9.94 Å². The Morgan fingerprint density at radius 1 is 0.964 bits per heavy atom. The van der Waals surface area contributed by atoms with Crippen LogP contribution in [0.15, 0.2) is 35.9 Å². The smallest absolute Gasteiger partial charge is 0.329 e. The summed E-state index contributed by atoms with van der Waals surface area (Å²) in [6.45, 7) is 4.00. The summed E-state index contributed by atoms with van der Waals surface area (Å²) < 4.78 is 5.25. The van der Waals surface area contributed by atoms with E-state index in [0.29, 0.717) is 50.4 Å². The van der Waals surface area contributed by atoms with Crippen LogP contribution in [0.5, 0.6) is 0 Å². The Bertz CT molecular complexity index is 1680. The van der Waals surface area contributed by atoms with Crippen LogP contribution in [0.4, 0.5) is 5.69 Å². The fourth-order valence-corrected chi connectivity index (χ4v) is 10.1. The molecule has 3 saturated carbocycles. The van der Waals surface area contributed by atoms with Crippen molar-refractivity contribution in [3.63, 3.8) is 0 Å². The van der Waals surface area contributed by atoms with E-state index < -0.39 is 64.5 Å². The Morgan fingerprint density at radius 2 is 1.71 bits per heavy atom. The third-order valence-corrected chi connectivity index (χ3v) is 13.3. The first-order valence-electron chi connectivity index (χ1n) is 19.5. The maximum Gasteiger partial charge on any atom is 0.329 e. The lowest BCUT2D eigenvalue weighted by Crippen LogP contribution is -2.99. The van der Waals surface area contributed by atoms with Crippen molar-refractivity contribution in [3.05, 3.63) is 46.7 Å². The number of Topliss-reactive ketones (excluding diaryl/α,β-unsaturated/α-hetero) is 1. The maximum absolute atomic E-state index is 13.5. The highest BCUT2D eigenvalue weighted by Crippen LogP contribution is 2.67. The first-order chi connectivity index (χ1) is 26.0. The number of unbranched alkanes of at least 4 members (excludes halogenated alkanes) is 2. The SMILES string of the molecule is C[C@]12CCC(=O)C=C1CC[C@@H]1[C@H]3CC[C@](O)(C(=O)COC(=O)CCC(=O)NCCCCCC(=O)N[C@H](C(=O)O)[C@H](O)c4cccc([NH+]([O-])O)c4)[C@]3(C)CC[C@@H]12. The molecule has 2 amide bonds. The van der Waals surface area contributed by atoms with Gasteiger partial charge in [0.25, 0.3) is 0 Å². The van der Waals surface area contributed by atoms with Crippen molar-refractivity contribution in [3.8, 4) is 0 Å². The molecule has 0 heterocycles. The van der Waals surface area contributed by atoms with Gasteiger partial charge in [0.1, 0.15) is 11.7 Å². The van der Waals surface area contributed by atoms with Gasteiger partial charge < -0.3 is 35.9 Å². The van der Waals surface area contributed by atoms with Gasteiger partial charge in [-0.2, -0.15) is 5.23 Å². The molecule has 0 radical (unpaired) electrons. The van der Waals surface area contributed by atoms with Gasteiger partial charge in [-0.15, -0.1) is 0 Å². The van der Waals surface area contributed by atoms with Crippen LogP contribution in [0.25, 0.3) is 0 Å². The van der Waals surface area contributed by atoms with E-state index >= 15 is 0 Å². The Kier molecular flexibility index (Phi) is 13.3. The van der Waals surface area contributed by atoms with E-state index in [1.165, 1.54) is 23.8 Å².